The molecule has 1 aromatic carbocycles. The Balaban J connectivity index is 1.26. The van der Waals surface area contributed by atoms with E-state index >= 15 is 0 Å². The van der Waals surface area contributed by atoms with E-state index in [0.717, 1.165) is 29.8 Å². The Hall–Kier alpha value is -3.61. The number of ether oxygens (including phenoxy) is 1. The third-order valence-electron chi connectivity index (χ3n) is 6.53. The molecule has 0 spiro atoms. The lowest BCUT2D eigenvalue weighted by Crippen LogP contribution is -2.30. The number of hydrogen-bond donors (Lipinski definition) is 2. The van der Waals surface area contributed by atoms with Crippen molar-refractivity contribution in [3.63, 3.8) is 0 Å². The number of nitrogens with one attached hydrogen (secondary N) is 2. The molecule has 2 fully saturated rings. The lowest BCUT2D eigenvalue weighted by Gasteiger charge is -2.12. The van der Waals surface area contributed by atoms with Gasteiger partial charge in [0.1, 0.15) is 0 Å². The Morgan fingerprint density at radius 2 is 2.15 bits per heavy atom. The Labute approximate surface area is 198 Å². The Morgan fingerprint density at radius 1 is 1.32 bits per heavy atom. The number of aromatic nitrogens is 4. The van der Waals surface area contributed by atoms with Crippen molar-refractivity contribution in [3.05, 3.63) is 54.5 Å². The summed E-state index contributed by atoms with van der Waals surface area (Å²) in [5, 5.41) is 20.1. The summed E-state index contributed by atoms with van der Waals surface area (Å²) in [6.45, 7) is 0.693. The van der Waals surface area contributed by atoms with Crippen molar-refractivity contribution in [2.45, 2.75) is 43.9 Å². The molecule has 2 N–H and O–H groups in total. The van der Waals surface area contributed by atoms with Crippen molar-refractivity contribution in [2.24, 2.45) is 5.92 Å². The number of anilines is 2. The fraction of sp³-hybridized carbons (Fsp3) is 0.400. The maximum Gasteiger partial charge on any atom is 0.227 e. The Kier molecular flexibility index (Phi) is 6.34. The largest absolute Gasteiger partial charge is 0.380 e. The minimum atomic E-state index is -0.211. The van der Waals surface area contributed by atoms with Crippen LogP contribution in [0.3, 0.4) is 0 Å². The minimum absolute atomic E-state index is 0.0715. The van der Waals surface area contributed by atoms with Gasteiger partial charge >= 0.3 is 0 Å². The third-order valence-corrected chi connectivity index (χ3v) is 6.53. The van der Waals surface area contributed by atoms with Gasteiger partial charge in [-0.05, 0) is 55.5 Å². The summed E-state index contributed by atoms with van der Waals surface area (Å²) in [6, 6.07) is 11.4. The highest BCUT2D eigenvalue weighted by Crippen LogP contribution is 2.41. The van der Waals surface area contributed by atoms with Crippen LogP contribution in [-0.2, 0) is 4.74 Å². The summed E-state index contributed by atoms with van der Waals surface area (Å²) in [5.41, 5.74) is 3.08. The number of nitrogens with zero attached hydrogens (tertiary/aromatic N) is 5. The van der Waals surface area contributed by atoms with Crippen molar-refractivity contribution in [1.82, 2.24) is 25.1 Å². The Bertz CT molecular complexity index is 1200. The van der Waals surface area contributed by atoms with E-state index in [1.165, 1.54) is 0 Å². The third kappa shape index (κ3) is 4.83. The van der Waals surface area contributed by atoms with Crippen LogP contribution in [0.15, 0.2) is 48.9 Å². The molecular weight excluding hydrogens is 430 g/mol. The molecular formula is C25H27N7O2. The van der Waals surface area contributed by atoms with Gasteiger partial charge in [-0.3, -0.25) is 9.48 Å². The van der Waals surface area contributed by atoms with E-state index in [1.54, 1.807) is 19.5 Å². The zero-order valence-electron chi connectivity index (χ0n) is 19.0. The maximum absolute atomic E-state index is 12.7. The van der Waals surface area contributed by atoms with Gasteiger partial charge in [-0.25, -0.2) is 9.97 Å². The summed E-state index contributed by atoms with van der Waals surface area (Å²) >= 11 is 0. The Morgan fingerprint density at radius 3 is 2.85 bits per heavy atom. The molecule has 0 amide bonds. The summed E-state index contributed by atoms with van der Waals surface area (Å²) in [4.78, 5) is 21.7. The zero-order chi connectivity index (χ0) is 23.5. The van der Waals surface area contributed by atoms with Gasteiger partial charge in [0.15, 0.2) is 5.78 Å². The van der Waals surface area contributed by atoms with Crippen LogP contribution in [0.25, 0.3) is 11.3 Å². The molecule has 34 heavy (non-hydrogen) atoms. The number of benzene rings is 1. The number of methoxy groups -OCH3 is 1. The highest BCUT2D eigenvalue weighted by molar-refractivity contribution is 6.00. The summed E-state index contributed by atoms with van der Waals surface area (Å²) in [7, 11) is 1.67. The molecule has 5 rings (SSSR count). The van der Waals surface area contributed by atoms with Gasteiger partial charge < -0.3 is 15.4 Å². The predicted molar refractivity (Wildman–Crippen MR) is 127 cm³/mol. The molecule has 174 valence electrons. The highest BCUT2D eigenvalue weighted by atomic mass is 16.5. The van der Waals surface area contributed by atoms with Crippen LogP contribution in [0.2, 0.25) is 0 Å². The molecule has 3 atom stereocenters. The molecule has 0 radical (unpaired) electrons. The van der Waals surface area contributed by atoms with Gasteiger partial charge in [0.2, 0.25) is 5.95 Å². The van der Waals surface area contributed by atoms with Crippen molar-refractivity contribution in [3.8, 4) is 17.3 Å². The first-order valence-electron chi connectivity index (χ1n) is 11.6. The molecule has 1 aliphatic heterocycles. The molecule has 2 aromatic heterocycles. The second-order valence-corrected chi connectivity index (χ2v) is 8.86. The smallest absolute Gasteiger partial charge is 0.227 e. The minimum Gasteiger partial charge on any atom is -0.380 e. The second kappa shape index (κ2) is 9.71. The molecule has 2 aliphatic rings. The number of hydrogen-bond acceptors (Lipinski definition) is 8. The van der Waals surface area contributed by atoms with Crippen LogP contribution in [-0.4, -0.2) is 51.3 Å². The van der Waals surface area contributed by atoms with Crippen molar-refractivity contribution >= 4 is 17.4 Å². The topological polar surface area (TPSA) is 118 Å². The van der Waals surface area contributed by atoms with Gasteiger partial charge in [0.05, 0.1) is 42.6 Å². The van der Waals surface area contributed by atoms with Crippen LogP contribution in [0, 0.1) is 17.2 Å². The lowest BCUT2D eigenvalue weighted by molar-refractivity contribution is 0.0919. The van der Waals surface area contributed by atoms with Crippen molar-refractivity contribution in [1.29, 1.82) is 5.26 Å². The van der Waals surface area contributed by atoms with Gasteiger partial charge in [0.25, 0.3) is 0 Å². The monoisotopic (exact) mass is 457 g/mol. The summed E-state index contributed by atoms with van der Waals surface area (Å²) in [6.07, 6.45) is 8.97. The van der Waals surface area contributed by atoms with Crippen molar-refractivity contribution < 1.29 is 9.53 Å². The number of nitriles is 1. The van der Waals surface area contributed by atoms with E-state index in [9.17, 15) is 4.79 Å². The first-order valence-corrected chi connectivity index (χ1v) is 11.6. The summed E-state index contributed by atoms with van der Waals surface area (Å²) in [5.74, 6) is 1.07. The fourth-order valence-electron chi connectivity index (χ4n) is 4.41. The average molecular weight is 458 g/mol. The van der Waals surface area contributed by atoms with E-state index in [4.69, 9.17) is 10.00 Å². The highest BCUT2D eigenvalue weighted by Gasteiger charge is 2.33. The zero-order valence-corrected chi connectivity index (χ0v) is 19.0. The van der Waals surface area contributed by atoms with Gasteiger partial charge in [0, 0.05) is 42.9 Å². The molecule has 0 bridgehead atoms. The number of carbonyl (C=O) groups is 1. The predicted octanol–water partition coefficient (Wildman–Crippen LogP) is 3.51. The van der Waals surface area contributed by atoms with E-state index in [0.29, 0.717) is 36.8 Å². The van der Waals surface area contributed by atoms with E-state index < -0.39 is 0 Å². The van der Waals surface area contributed by atoms with Crippen LogP contribution in [0.4, 0.5) is 11.6 Å². The first-order chi connectivity index (χ1) is 16.6. The molecule has 9 heteroatoms. The second-order valence-electron chi connectivity index (χ2n) is 8.86. The number of rotatable bonds is 9. The van der Waals surface area contributed by atoms with Crippen molar-refractivity contribution in [2.75, 3.05) is 19.0 Å². The van der Waals surface area contributed by atoms with Crippen LogP contribution in [0.5, 0.6) is 0 Å². The first kappa shape index (κ1) is 22.2. The molecule has 1 saturated heterocycles. The van der Waals surface area contributed by atoms with E-state index in [2.05, 4.69) is 31.8 Å². The maximum atomic E-state index is 12.7. The summed E-state index contributed by atoms with van der Waals surface area (Å²) < 4.78 is 7.23. The standard InChI is InChI=1S/C25H27N7O2/c1-34-20-12-22(28-14-20)24(33)17-4-6-19(7-5-17)30-25-27-11-9-21(31-25)18-13-29-32(15-18)23(8-10-26)16-2-3-16/h4-7,9,11,13,15-16,20,22-23,28H,2-3,8,12,14H2,1H3,(H,27,30,31). The molecule has 3 aromatic rings. The van der Waals surface area contributed by atoms with Gasteiger partial charge in [-0.2, -0.15) is 10.4 Å². The molecule has 1 saturated carbocycles. The number of carbonyl (C=O) groups excluding carboxylic acids is 1. The number of ketones is 1. The molecule has 1 aliphatic carbocycles. The van der Waals surface area contributed by atoms with Gasteiger partial charge in [-0.1, -0.05) is 0 Å². The van der Waals surface area contributed by atoms with Crippen LogP contribution >= 0.6 is 0 Å². The normalized spacial score (nSPS) is 20.6. The lowest BCUT2D eigenvalue weighted by atomic mass is 10.0. The van der Waals surface area contributed by atoms with E-state index in [-0.39, 0.29) is 24.0 Å². The molecule has 9 nitrogen and oxygen atoms in total. The van der Waals surface area contributed by atoms with Gasteiger partial charge in [-0.15, -0.1) is 0 Å². The SMILES string of the molecule is COC1CNC(C(=O)c2ccc(Nc3nccc(-c4cnn(C(CC#N)C5CC5)c4)n3)cc2)C1. The van der Waals surface area contributed by atoms with E-state index in [1.807, 2.05) is 41.2 Å². The molecule has 3 unspecified atom stereocenters. The number of Topliss-reactive ketones (excluding diaryl/α,β-unsaturated/α-hetero) is 1. The fourth-order valence-corrected chi connectivity index (χ4v) is 4.41. The van der Waals surface area contributed by atoms with Crippen LogP contribution < -0.4 is 10.6 Å². The van der Waals surface area contributed by atoms with Crippen LogP contribution in [0.1, 0.15) is 42.1 Å². The average Bonchev–Trinajstić information content (AvgIpc) is 3.38. The quantitative estimate of drug-likeness (QED) is 0.469. The molecule has 3 heterocycles.